The molecule has 3 rings (SSSR count). The lowest BCUT2D eigenvalue weighted by Gasteiger charge is -2.21. The van der Waals surface area contributed by atoms with Crippen LogP contribution in [0.4, 0.5) is 23.2 Å². The van der Waals surface area contributed by atoms with E-state index in [0.29, 0.717) is 0 Å². The van der Waals surface area contributed by atoms with Gasteiger partial charge in [0.05, 0.1) is 21.8 Å². The van der Waals surface area contributed by atoms with Gasteiger partial charge >= 0.3 is 6.18 Å². The highest BCUT2D eigenvalue weighted by Crippen LogP contribution is 2.35. The van der Waals surface area contributed by atoms with Crippen molar-refractivity contribution in [2.45, 2.75) is 12.3 Å². The zero-order valence-electron chi connectivity index (χ0n) is 17.1. The molecule has 34 heavy (non-hydrogen) atoms. The SMILES string of the molecule is O=C(NC(NC(=O)c1ccccc1Cl)C(=O)Nc1ccc(F)cc1C(F)(F)F)c1ccccc1. The van der Waals surface area contributed by atoms with Gasteiger partial charge in [0.2, 0.25) is 0 Å². The minimum atomic E-state index is -4.98. The fourth-order valence-corrected chi connectivity index (χ4v) is 3.11. The Bertz CT molecular complexity index is 1220. The molecule has 3 aromatic carbocycles. The maximum Gasteiger partial charge on any atom is 0.418 e. The molecule has 0 saturated heterocycles. The van der Waals surface area contributed by atoms with Crippen LogP contribution in [0.2, 0.25) is 5.02 Å². The van der Waals surface area contributed by atoms with Crippen molar-refractivity contribution in [2.24, 2.45) is 0 Å². The molecule has 0 aliphatic rings. The maximum atomic E-state index is 13.4. The number of hydrogen-bond donors (Lipinski definition) is 3. The first-order valence-corrected chi connectivity index (χ1v) is 10.0. The summed E-state index contributed by atoms with van der Waals surface area (Å²) in [5, 5.41) is 6.54. The first-order valence-electron chi connectivity index (χ1n) is 9.65. The summed E-state index contributed by atoms with van der Waals surface area (Å²) in [6.45, 7) is 0. The number of carbonyl (C=O) groups is 3. The molecule has 0 aliphatic heterocycles. The average molecular weight is 494 g/mol. The van der Waals surface area contributed by atoms with Crippen molar-refractivity contribution in [2.75, 3.05) is 5.32 Å². The molecular formula is C23H16ClF4N3O3. The van der Waals surface area contributed by atoms with Crippen molar-refractivity contribution in [3.05, 3.63) is 100 Å². The third-order valence-corrected chi connectivity index (χ3v) is 4.84. The molecule has 3 aromatic rings. The molecule has 0 radical (unpaired) electrons. The van der Waals surface area contributed by atoms with Crippen LogP contribution in [0.1, 0.15) is 26.3 Å². The van der Waals surface area contributed by atoms with Crippen molar-refractivity contribution in [3.8, 4) is 0 Å². The summed E-state index contributed by atoms with van der Waals surface area (Å²) in [7, 11) is 0. The molecule has 176 valence electrons. The van der Waals surface area contributed by atoms with Crippen LogP contribution in [0.3, 0.4) is 0 Å². The summed E-state index contributed by atoms with van der Waals surface area (Å²) < 4.78 is 53.3. The van der Waals surface area contributed by atoms with E-state index < -0.39 is 47.1 Å². The number of carbonyl (C=O) groups excluding carboxylic acids is 3. The Balaban J connectivity index is 1.90. The first kappa shape index (κ1) is 24.7. The lowest BCUT2D eigenvalue weighted by molar-refractivity contribution is -0.137. The zero-order chi connectivity index (χ0) is 24.9. The Morgan fingerprint density at radius 3 is 2.09 bits per heavy atom. The molecule has 3 N–H and O–H groups in total. The number of anilines is 1. The predicted octanol–water partition coefficient (Wildman–Crippen LogP) is 4.62. The van der Waals surface area contributed by atoms with E-state index in [0.717, 1.165) is 12.1 Å². The molecule has 3 amide bonds. The van der Waals surface area contributed by atoms with Gasteiger partial charge in [0.1, 0.15) is 5.82 Å². The highest BCUT2D eigenvalue weighted by molar-refractivity contribution is 6.33. The number of amides is 3. The summed E-state index contributed by atoms with van der Waals surface area (Å²) in [5.74, 6) is -4.02. The standard InChI is InChI=1S/C23H16ClF4N3O3/c24-17-9-5-4-8-15(17)21(33)31-19(30-20(32)13-6-2-1-3-7-13)22(34)29-18-11-10-14(25)12-16(18)23(26,27)28/h1-12,19H,(H,29,34)(H,30,32)(H,31,33). The highest BCUT2D eigenvalue weighted by atomic mass is 35.5. The first-order chi connectivity index (χ1) is 16.1. The molecule has 0 spiro atoms. The summed E-state index contributed by atoms with van der Waals surface area (Å²) in [4.78, 5) is 38.1. The van der Waals surface area contributed by atoms with Crippen LogP contribution >= 0.6 is 11.6 Å². The quantitative estimate of drug-likeness (QED) is 0.346. The Labute approximate surface area is 195 Å². The second-order valence-electron chi connectivity index (χ2n) is 6.90. The van der Waals surface area contributed by atoms with Crippen molar-refractivity contribution in [1.29, 1.82) is 0 Å². The van der Waals surface area contributed by atoms with Crippen LogP contribution in [0.15, 0.2) is 72.8 Å². The van der Waals surface area contributed by atoms with Gasteiger partial charge in [-0.1, -0.05) is 41.9 Å². The van der Waals surface area contributed by atoms with Crippen LogP contribution in [-0.2, 0) is 11.0 Å². The van der Waals surface area contributed by atoms with Gasteiger partial charge in [0.15, 0.2) is 6.17 Å². The van der Waals surface area contributed by atoms with E-state index in [9.17, 15) is 31.9 Å². The van der Waals surface area contributed by atoms with Crippen LogP contribution in [0.25, 0.3) is 0 Å². The molecule has 0 aliphatic carbocycles. The van der Waals surface area contributed by atoms with Gasteiger partial charge in [-0.25, -0.2) is 4.39 Å². The molecule has 0 heterocycles. The Kier molecular flexibility index (Phi) is 7.52. The molecule has 1 atom stereocenters. The second-order valence-corrected chi connectivity index (χ2v) is 7.31. The van der Waals surface area contributed by atoms with Gasteiger partial charge in [0, 0.05) is 5.56 Å². The summed E-state index contributed by atoms with van der Waals surface area (Å²) in [6.07, 6.45) is -6.78. The largest absolute Gasteiger partial charge is 0.418 e. The van der Waals surface area contributed by atoms with E-state index >= 15 is 0 Å². The lowest BCUT2D eigenvalue weighted by Crippen LogP contribution is -2.55. The van der Waals surface area contributed by atoms with Crippen LogP contribution < -0.4 is 16.0 Å². The Hall–Kier alpha value is -3.92. The fraction of sp³-hybridized carbons (Fsp3) is 0.0870. The van der Waals surface area contributed by atoms with E-state index in [1.807, 2.05) is 5.32 Å². The number of nitrogens with one attached hydrogen (secondary N) is 3. The number of rotatable bonds is 6. The number of benzene rings is 3. The third kappa shape index (κ3) is 6.10. The minimum absolute atomic E-state index is 0.0336. The summed E-state index contributed by atoms with van der Waals surface area (Å²) in [5.41, 5.74) is -2.10. The Morgan fingerprint density at radius 1 is 0.824 bits per heavy atom. The van der Waals surface area contributed by atoms with Crippen molar-refractivity contribution in [3.63, 3.8) is 0 Å². The summed E-state index contributed by atoms with van der Waals surface area (Å²) >= 11 is 5.99. The monoisotopic (exact) mass is 493 g/mol. The Morgan fingerprint density at radius 2 is 1.44 bits per heavy atom. The van der Waals surface area contributed by atoms with E-state index in [-0.39, 0.29) is 22.2 Å². The second kappa shape index (κ2) is 10.3. The number of alkyl halides is 3. The molecule has 0 fully saturated rings. The molecule has 0 saturated carbocycles. The lowest BCUT2D eigenvalue weighted by atomic mass is 10.1. The van der Waals surface area contributed by atoms with E-state index in [1.165, 1.54) is 30.3 Å². The fourth-order valence-electron chi connectivity index (χ4n) is 2.89. The van der Waals surface area contributed by atoms with E-state index in [4.69, 9.17) is 11.6 Å². The predicted molar refractivity (Wildman–Crippen MR) is 117 cm³/mol. The van der Waals surface area contributed by atoms with E-state index in [1.54, 1.807) is 24.3 Å². The van der Waals surface area contributed by atoms with Gasteiger partial charge in [-0.3, -0.25) is 14.4 Å². The highest BCUT2D eigenvalue weighted by Gasteiger charge is 2.35. The van der Waals surface area contributed by atoms with Crippen molar-refractivity contribution < 1.29 is 31.9 Å². The van der Waals surface area contributed by atoms with Gasteiger partial charge in [-0.2, -0.15) is 13.2 Å². The number of halogens is 5. The normalized spacial score (nSPS) is 11.9. The maximum absolute atomic E-state index is 13.4. The van der Waals surface area contributed by atoms with Crippen LogP contribution in [0, 0.1) is 5.82 Å². The topological polar surface area (TPSA) is 87.3 Å². The minimum Gasteiger partial charge on any atom is -0.324 e. The zero-order valence-corrected chi connectivity index (χ0v) is 17.9. The number of hydrogen-bond acceptors (Lipinski definition) is 3. The molecular weight excluding hydrogens is 478 g/mol. The average Bonchev–Trinajstić information content (AvgIpc) is 2.79. The van der Waals surface area contributed by atoms with Crippen LogP contribution in [-0.4, -0.2) is 23.9 Å². The molecule has 0 bridgehead atoms. The molecule has 6 nitrogen and oxygen atoms in total. The van der Waals surface area contributed by atoms with Gasteiger partial charge in [-0.05, 0) is 42.5 Å². The van der Waals surface area contributed by atoms with Crippen LogP contribution in [0.5, 0.6) is 0 Å². The van der Waals surface area contributed by atoms with Gasteiger partial charge in [0.25, 0.3) is 17.7 Å². The summed E-state index contributed by atoms with van der Waals surface area (Å²) in [6, 6.07) is 15.1. The van der Waals surface area contributed by atoms with Crippen molar-refractivity contribution in [1.82, 2.24) is 10.6 Å². The van der Waals surface area contributed by atoms with Gasteiger partial charge < -0.3 is 16.0 Å². The molecule has 11 heteroatoms. The van der Waals surface area contributed by atoms with E-state index in [2.05, 4.69) is 10.6 Å². The van der Waals surface area contributed by atoms with Gasteiger partial charge in [-0.15, -0.1) is 0 Å². The molecule has 0 aromatic heterocycles. The molecule has 1 unspecified atom stereocenters. The third-order valence-electron chi connectivity index (χ3n) is 4.51. The smallest absolute Gasteiger partial charge is 0.324 e. The van der Waals surface area contributed by atoms with Crippen molar-refractivity contribution >= 4 is 35.0 Å².